The van der Waals surface area contributed by atoms with Gasteiger partial charge in [-0.2, -0.15) is 0 Å². The number of aromatic nitrogens is 1. The van der Waals surface area contributed by atoms with Crippen LogP contribution in [0.5, 0.6) is 0 Å². The van der Waals surface area contributed by atoms with Gasteiger partial charge in [-0.1, -0.05) is 43.3 Å². The molecular formula is C19H25N3. The minimum absolute atomic E-state index is 0.168. The number of nitrogens with zero attached hydrogens (tertiary/aromatic N) is 2. The molecule has 0 radical (unpaired) electrons. The monoisotopic (exact) mass is 295 g/mol. The van der Waals surface area contributed by atoms with E-state index in [1.165, 1.54) is 24.9 Å². The first-order valence-electron chi connectivity index (χ1n) is 8.32. The van der Waals surface area contributed by atoms with Crippen molar-refractivity contribution < 1.29 is 0 Å². The predicted octanol–water partition coefficient (Wildman–Crippen LogP) is 3.24. The van der Waals surface area contributed by atoms with Gasteiger partial charge in [0, 0.05) is 18.8 Å². The Morgan fingerprint density at radius 3 is 2.73 bits per heavy atom. The van der Waals surface area contributed by atoms with Crippen molar-refractivity contribution in [1.29, 1.82) is 0 Å². The molecule has 3 rings (SSSR count). The highest BCUT2D eigenvalue weighted by atomic mass is 15.2. The number of likely N-dealkylation sites (N-methyl/N-ethyl adjacent to an activating group) is 1. The van der Waals surface area contributed by atoms with Crippen molar-refractivity contribution in [1.82, 2.24) is 15.2 Å². The van der Waals surface area contributed by atoms with Crippen LogP contribution in [0.3, 0.4) is 0 Å². The highest BCUT2D eigenvalue weighted by molar-refractivity contribution is 5.27. The van der Waals surface area contributed by atoms with E-state index in [0.717, 1.165) is 18.8 Å². The zero-order valence-corrected chi connectivity index (χ0v) is 13.3. The van der Waals surface area contributed by atoms with Gasteiger partial charge in [0.2, 0.25) is 0 Å². The molecule has 22 heavy (non-hydrogen) atoms. The second-order valence-corrected chi connectivity index (χ2v) is 5.93. The number of pyridine rings is 1. The van der Waals surface area contributed by atoms with Crippen LogP contribution < -0.4 is 5.32 Å². The molecule has 0 saturated carbocycles. The van der Waals surface area contributed by atoms with E-state index in [9.17, 15) is 0 Å². The average Bonchev–Trinajstić information content (AvgIpc) is 3.05. The van der Waals surface area contributed by atoms with Gasteiger partial charge in [-0.15, -0.1) is 0 Å². The molecule has 1 aliphatic heterocycles. The number of benzene rings is 1. The van der Waals surface area contributed by atoms with Crippen LogP contribution in [0.2, 0.25) is 0 Å². The molecule has 0 amide bonds. The minimum Gasteiger partial charge on any atom is -0.303 e. The summed E-state index contributed by atoms with van der Waals surface area (Å²) in [6.07, 6.45) is 4.49. The summed E-state index contributed by atoms with van der Waals surface area (Å²) in [6, 6.07) is 17.6. The largest absolute Gasteiger partial charge is 0.303 e. The maximum Gasteiger partial charge on any atom is 0.0751 e. The Bertz CT molecular complexity index is 516. The Hall–Kier alpha value is -1.71. The molecule has 3 nitrogen and oxygen atoms in total. The maximum atomic E-state index is 4.56. The van der Waals surface area contributed by atoms with E-state index >= 15 is 0 Å². The van der Waals surface area contributed by atoms with Crippen molar-refractivity contribution in [3.05, 3.63) is 66.0 Å². The second kappa shape index (κ2) is 7.52. The summed E-state index contributed by atoms with van der Waals surface area (Å²) >= 11 is 0. The quantitative estimate of drug-likeness (QED) is 0.886. The normalized spacial score (nSPS) is 20.1. The Morgan fingerprint density at radius 1 is 1.18 bits per heavy atom. The lowest BCUT2D eigenvalue weighted by molar-refractivity contribution is 0.256. The molecule has 1 aliphatic rings. The average molecular weight is 295 g/mol. The van der Waals surface area contributed by atoms with Crippen molar-refractivity contribution in [3.63, 3.8) is 0 Å². The lowest BCUT2D eigenvalue weighted by atomic mass is 10.0. The van der Waals surface area contributed by atoms with Gasteiger partial charge in [0.05, 0.1) is 11.7 Å². The standard InChI is InChI=1S/C19H25N3/c1-2-22-14-8-11-17(22)15-21-19(16-9-4-3-5-10-16)18-12-6-7-13-20-18/h3-7,9-10,12-13,17,19,21H,2,8,11,14-15H2,1H3. The summed E-state index contributed by atoms with van der Waals surface area (Å²) in [5, 5.41) is 3.75. The number of hydrogen-bond acceptors (Lipinski definition) is 3. The van der Waals surface area contributed by atoms with E-state index in [2.05, 4.69) is 64.6 Å². The van der Waals surface area contributed by atoms with Gasteiger partial charge >= 0.3 is 0 Å². The van der Waals surface area contributed by atoms with Crippen LogP contribution in [0.1, 0.15) is 37.1 Å². The zero-order valence-electron chi connectivity index (χ0n) is 13.3. The van der Waals surface area contributed by atoms with Crippen molar-refractivity contribution in [3.8, 4) is 0 Å². The Morgan fingerprint density at radius 2 is 2.00 bits per heavy atom. The SMILES string of the molecule is CCN1CCCC1CNC(c1ccccc1)c1ccccn1. The van der Waals surface area contributed by atoms with Crippen molar-refractivity contribution >= 4 is 0 Å². The van der Waals surface area contributed by atoms with Crippen molar-refractivity contribution in [2.24, 2.45) is 0 Å². The van der Waals surface area contributed by atoms with Gasteiger partial charge in [-0.3, -0.25) is 9.88 Å². The Balaban J connectivity index is 1.75. The van der Waals surface area contributed by atoms with Crippen LogP contribution in [0.4, 0.5) is 0 Å². The number of rotatable bonds is 6. The predicted molar refractivity (Wildman–Crippen MR) is 90.8 cm³/mol. The molecule has 1 saturated heterocycles. The molecular weight excluding hydrogens is 270 g/mol. The Labute approximate surface area is 133 Å². The van der Waals surface area contributed by atoms with Crippen LogP contribution in [-0.2, 0) is 0 Å². The summed E-state index contributed by atoms with van der Waals surface area (Å²) in [4.78, 5) is 7.14. The van der Waals surface area contributed by atoms with Crippen LogP contribution in [0.25, 0.3) is 0 Å². The fraction of sp³-hybridized carbons (Fsp3) is 0.421. The lowest BCUT2D eigenvalue weighted by Crippen LogP contribution is -2.39. The maximum absolute atomic E-state index is 4.56. The fourth-order valence-corrected chi connectivity index (χ4v) is 3.38. The highest BCUT2D eigenvalue weighted by Gasteiger charge is 2.24. The van der Waals surface area contributed by atoms with Gasteiger partial charge in [-0.05, 0) is 43.6 Å². The summed E-state index contributed by atoms with van der Waals surface area (Å²) in [7, 11) is 0. The van der Waals surface area contributed by atoms with E-state index in [1.54, 1.807) is 0 Å². The molecule has 0 bridgehead atoms. The van der Waals surface area contributed by atoms with Crippen LogP contribution in [0.15, 0.2) is 54.7 Å². The molecule has 1 aromatic heterocycles. The summed E-state index contributed by atoms with van der Waals surface area (Å²) in [5.41, 5.74) is 2.37. The second-order valence-electron chi connectivity index (χ2n) is 5.93. The molecule has 1 fully saturated rings. The first-order chi connectivity index (χ1) is 10.9. The van der Waals surface area contributed by atoms with Gasteiger partial charge in [0.1, 0.15) is 0 Å². The fourth-order valence-electron chi connectivity index (χ4n) is 3.38. The third-order valence-corrected chi connectivity index (χ3v) is 4.58. The number of likely N-dealkylation sites (tertiary alicyclic amines) is 1. The van der Waals surface area contributed by atoms with Crippen molar-refractivity contribution in [2.75, 3.05) is 19.6 Å². The highest BCUT2D eigenvalue weighted by Crippen LogP contribution is 2.22. The summed E-state index contributed by atoms with van der Waals surface area (Å²) < 4.78 is 0. The molecule has 2 aromatic rings. The van der Waals surface area contributed by atoms with Crippen molar-refractivity contribution in [2.45, 2.75) is 31.8 Å². The zero-order chi connectivity index (χ0) is 15.2. The molecule has 1 N–H and O–H groups in total. The van der Waals surface area contributed by atoms with Gasteiger partial charge in [-0.25, -0.2) is 0 Å². The van der Waals surface area contributed by atoms with Crippen LogP contribution in [-0.4, -0.2) is 35.6 Å². The molecule has 2 unspecified atom stereocenters. The van der Waals surface area contributed by atoms with Gasteiger partial charge in [0.25, 0.3) is 0 Å². The molecule has 2 atom stereocenters. The van der Waals surface area contributed by atoms with Gasteiger partial charge in [0.15, 0.2) is 0 Å². The Kier molecular flexibility index (Phi) is 5.20. The van der Waals surface area contributed by atoms with E-state index in [-0.39, 0.29) is 6.04 Å². The third-order valence-electron chi connectivity index (χ3n) is 4.58. The summed E-state index contributed by atoms with van der Waals surface area (Å²) in [5.74, 6) is 0. The lowest BCUT2D eigenvalue weighted by Gasteiger charge is -2.26. The van der Waals surface area contributed by atoms with Crippen LogP contribution >= 0.6 is 0 Å². The minimum atomic E-state index is 0.168. The number of hydrogen-bond donors (Lipinski definition) is 1. The van der Waals surface area contributed by atoms with E-state index in [1.807, 2.05) is 12.3 Å². The topological polar surface area (TPSA) is 28.2 Å². The first-order valence-corrected chi connectivity index (χ1v) is 8.32. The molecule has 1 aromatic carbocycles. The van der Waals surface area contributed by atoms with E-state index < -0.39 is 0 Å². The third kappa shape index (κ3) is 3.54. The van der Waals surface area contributed by atoms with Crippen LogP contribution in [0, 0.1) is 0 Å². The molecule has 116 valence electrons. The smallest absolute Gasteiger partial charge is 0.0751 e. The van der Waals surface area contributed by atoms with E-state index in [0.29, 0.717) is 6.04 Å². The molecule has 2 heterocycles. The molecule has 3 heteroatoms. The van der Waals surface area contributed by atoms with E-state index in [4.69, 9.17) is 0 Å². The first kappa shape index (κ1) is 15.2. The number of nitrogens with one attached hydrogen (secondary N) is 1. The molecule has 0 spiro atoms. The molecule has 0 aliphatic carbocycles. The summed E-state index contributed by atoms with van der Waals surface area (Å²) in [6.45, 7) is 5.66. The van der Waals surface area contributed by atoms with Gasteiger partial charge < -0.3 is 5.32 Å².